The molecule has 0 atom stereocenters. The molecule has 1 saturated heterocycles. The SMILES string of the molecule is Cc1nnc2c(NCCC(=O)N3CCCC3)nccn12. The fourth-order valence-electron chi connectivity index (χ4n) is 2.48. The van der Waals surface area contributed by atoms with Gasteiger partial charge in [0.1, 0.15) is 5.82 Å². The van der Waals surface area contributed by atoms with Gasteiger partial charge in [-0.2, -0.15) is 0 Å². The Morgan fingerprint density at radius 3 is 2.95 bits per heavy atom. The average Bonchev–Trinajstić information content (AvgIpc) is 3.10. The summed E-state index contributed by atoms with van der Waals surface area (Å²) in [6.45, 7) is 4.25. The highest BCUT2D eigenvalue weighted by molar-refractivity contribution is 5.77. The molecule has 0 aromatic carbocycles. The van der Waals surface area contributed by atoms with Crippen LogP contribution in [-0.4, -0.2) is 50.0 Å². The zero-order valence-corrected chi connectivity index (χ0v) is 11.5. The Hall–Kier alpha value is -2.18. The van der Waals surface area contributed by atoms with E-state index in [9.17, 15) is 4.79 Å². The van der Waals surface area contributed by atoms with Crippen LogP contribution < -0.4 is 5.32 Å². The first-order chi connectivity index (χ1) is 9.75. The Kier molecular flexibility index (Phi) is 3.49. The maximum absolute atomic E-state index is 11.9. The number of nitrogens with zero attached hydrogens (tertiary/aromatic N) is 5. The van der Waals surface area contributed by atoms with Crippen molar-refractivity contribution in [2.24, 2.45) is 0 Å². The van der Waals surface area contributed by atoms with Crippen LogP contribution >= 0.6 is 0 Å². The molecule has 1 amide bonds. The van der Waals surface area contributed by atoms with Crippen LogP contribution in [0.4, 0.5) is 5.82 Å². The van der Waals surface area contributed by atoms with Crippen LogP contribution in [-0.2, 0) is 4.79 Å². The Balaban J connectivity index is 1.61. The molecule has 20 heavy (non-hydrogen) atoms. The van der Waals surface area contributed by atoms with Gasteiger partial charge in [0.05, 0.1) is 0 Å². The maximum Gasteiger partial charge on any atom is 0.224 e. The van der Waals surface area contributed by atoms with Gasteiger partial charge < -0.3 is 10.2 Å². The molecular formula is C13H18N6O. The summed E-state index contributed by atoms with van der Waals surface area (Å²) in [5.74, 6) is 1.69. The third-order valence-corrected chi connectivity index (χ3v) is 3.59. The highest BCUT2D eigenvalue weighted by Gasteiger charge is 2.17. The van der Waals surface area contributed by atoms with E-state index >= 15 is 0 Å². The largest absolute Gasteiger partial charge is 0.366 e. The Labute approximate surface area is 117 Å². The predicted molar refractivity (Wildman–Crippen MR) is 74.4 cm³/mol. The number of likely N-dealkylation sites (tertiary alicyclic amines) is 1. The van der Waals surface area contributed by atoms with Crippen molar-refractivity contribution in [2.75, 3.05) is 25.0 Å². The molecule has 0 unspecified atom stereocenters. The number of aryl methyl sites for hydroxylation is 1. The standard InChI is InChI=1S/C13H18N6O/c1-10-16-17-13-12(15-6-9-19(10)13)14-5-4-11(20)18-7-2-3-8-18/h6,9H,2-5,7-8H2,1H3,(H,14,15). The van der Waals surface area contributed by atoms with Gasteiger partial charge in [0.2, 0.25) is 11.6 Å². The molecule has 1 fully saturated rings. The van der Waals surface area contributed by atoms with Gasteiger partial charge in [-0.25, -0.2) is 4.98 Å². The summed E-state index contributed by atoms with van der Waals surface area (Å²) in [6.07, 6.45) is 6.26. The molecular weight excluding hydrogens is 256 g/mol. The van der Waals surface area contributed by atoms with Gasteiger partial charge in [0.15, 0.2) is 5.82 Å². The molecule has 0 spiro atoms. The Morgan fingerprint density at radius 1 is 1.35 bits per heavy atom. The van der Waals surface area contributed by atoms with Crippen molar-refractivity contribution < 1.29 is 4.79 Å². The van der Waals surface area contributed by atoms with Gasteiger partial charge in [-0.15, -0.1) is 10.2 Å². The molecule has 106 valence electrons. The van der Waals surface area contributed by atoms with Crippen molar-refractivity contribution in [3.05, 3.63) is 18.2 Å². The molecule has 2 aromatic rings. The van der Waals surface area contributed by atoms with E-state index in [-0.39, 0.29) is 5.91 Å². The first kappa shape index (κ1) is 12.8. The van der Waals surface area contributed by atoms with Crippen LogP contribution in [0, 0.1) is 6.92 Å². The topological polar surface area (TPSA) is 75.4 Å². The number of fused-ring (bicyclic) bond motifs is 1. The van der Waals surface area contributed by atoms with Crippen LogP contribution in [0.5, 0.6) is 0 Å². The zero-order chi connectivity index (χ0) is 13.9. The van der Waals surface area contributed by atoms with Gasteiger partial charge in [-0.1, -0.05) is 0 Å². The van der Waals surface area contributed by atoms with Gasteiger partial charge in [0.25, 0.3) is 0 Å². The summed E-state index contributed by atoms with van der Waals surface area (Å²) < 4.78 is 1.87. The van der Waals surface area contributed by atoms with Crippen LogP contribution in [0.1, 0.15) is 25.1 Å². The highest BCUT2D eigenvalue weighted by Crippen LogP contribution is 2.13. The number of hydrogen-bond acceptors (Lipinski definition) is 5. The fraction of sp³-hybridized carbons (Fsp3) is 0.538. The lowest BCUT2D eigenvalue weighted by molar-refractivity contribution is -0.129. The molecule has 1 N–H and O–H groups in total. The lowest BCUT2D eigenvalue weighted by atomic mass is 10.3. The molecule has 1 aliphatic rings. The second-order valence-electron chi connectivity index (χ2n) is 4.98. The van der Waals surface area contributed by atoms with Crippen molar-refractivity contribution in [3.8, 4) is 0 Å². The average molecular weight is 274 g/mol. The van der Waals surface area contributed by atoms with Crippen molar-refractivity contribution >= 4 is 17.4 Å². The van der Waals surface area contributed by atoms with Crippen LogP contribution in [0.25, 0.3) is 5.65 Å². The Bertz CT molecular complexity index is 616. The molecule has 0 bridgehead atoms. The first-order valence-electron chi connectivity index (χ1n) is 6.94. The second-order valence-corrected chi connectivity index (χ2v) is 4.98. The van der Waals surface area contributed by atoms with E-state index in [1.807, 2.05) is 22.4 Å². The zero-order valence-electron chi connectivity index (χ0n) is 11.5. The Morgan fingerprint density at radius 2 is 2.15 bits per heavy atom. The monoisotopic (exact) mass is 274 g/mol. The second kappa shape index (κ2) is 5.44. The van der Waals surface area contributed by atoms with E-state index in [1.54, 1.807) is 6.20 Å². The van der Waals surface area contributed by atoms with E-state index in [2.05, 4.69) is 20.5 Å². The molecule has 2 aromatic heterocycles. The van der Waals surface area contributed by atoms with Crippen LogP contribution in [0.3, 0.4) is 0 Å². The third kappa shape index (κ3) is 2.43. The van der Waals surface area contributed by atoms with Crippen LogP contribution in [0.2, 0.25) is 0 Å². The normalized spacial score (nSPS) is 14.9. The van der Waals surface area contributed by atoms with E-state index < -0.39 is 0 Å². The van der Waals surface area contributed by atoms with Crippen molar-refractivity contribution in [3.63, 3.8) is 0 Å². The first-order valence-corrected chi connectivity index (χ1v) is 6.94. The number of carbonyl (C=O) groups excluding carboxylic acids is 1. The summed E-state index contributed by atoms with van der Waals surface area (Å²) >= 11 is 0. The van der Waals surface area contributed by atoms with Gasteiger partial charge in [-0.3, -0.25) is 9.20 Å². The molecule has 0 radical (unpaired) electrons. The minimum absolute atomic E-state index is 0.208. The predicted octanol–water partition coefficient (Wildman–Crippen LogP) is 0.857. The van der Waals surface area contributed by atoms with Gasteiger partial charge >= 0.3 is 0 Å². The fourth-order valence-corrected chi connectivity index (χ4v) is 2.48. The van der Waals surface area contributed by atoms with E-state index in [0.29, 0.717) is 24.4 Å². The number of anilines is 1. The van der Waals surface area contributed by atoms with E-state index in [4.69, 9.17) is 0 Å². The van der Waals surface area contributed by atoms with E-state index in [1.165, 1.54) is 0 Å². The van der Waals surface area contributed by atoms with Gasteiger partial charge in [-0.05, 0) is 19.8 Å². The minimum atomic E-state index is 0.208. The van der Waals surface area contributed by atoms with Gasteiger partial charge in [0, 0.05) is 38.4 Å². The molecule has 3 rings (SSSR count). The molecule has 1 aliphatic heterocycles. The van der Waals surface area contributed by atoms with E-state index in [0.717, 1.165) is 31.8 Å². The van der Waals surface area contributed by atoms with Crippen molar-refractivity contribution in [1.82, 2.24) is 24.5 Å². The summed E-state index contributed by atoms with van der Waals surface area (Å²) in [7, 11) is 0. The summed E-state index contributed by atoms with van der Waals surface area (Å²) in [6, 6.07) is 0. The van der Waals surface area contributed by atoms with Crippen LogP contribution in [0.15, 0.2) is 12.4 Å². The smallest absolute Gasteiger partial charge is 0.224 e. The summed E-state index contributed by atoms with van der Waals surface area (Å²) in [5, 5.41) is 11.3. The number of aromatic nitrogens is 4. The molecule has 3 heterocycles. The van der Waals surface area contributed by atoms with Crippen molar-refractivity contribution in [2.45, 2.75) is 26.2 Å². The number of amides is 1. The third-order valence-electron chi connectivity index (χ3n) is 3.59. The maximum atomic E-state index is 11.9. The number of rotatable bonds is 4. The lowest BCUT2D eigenvalue weighted by Crippen LogP contribution is -2.29. The minimum Gasteiger partial charge on any atom is -0.366 e. The number of hydrogen-bond donors (Lipinski definition) is 1. The lowest BCUT2D eigenvalue weighted by Gasteiger charge is -2.15. The quantitative estimate of drug-likeness (QED) is 0.895. The highest BCUT2D eigenvalue weighted by atomic mass is 16.2. The molecule has 0 aliphatic carbocycles. The molecule has 0 saturated carbocycles. The van der Waals surface area contributed by atoms with Crippen molar-refractivity contribution in [1.29, 1.82) is 0 Å². The summed E-state index contributed by atoms with van der Waals surface area (Å²) in [5.41, 5.74) is 0.693. The number of carbonyl (C=O) groups is 1. The number of nitrogens with one attached hydrogen (secondary N) is 1. The molecule has 7 nitrogen and oxygen atoms in total. The molecule has 7 heteroatoms. The summed E-state index contributed by atoms with van der Waals surface area (Å²) in [4.78, 5) is 18.1.